The fraction of sp³-hybridized carbons (Fsp3) is 0.600. The highest BCUT2D eigenvalue weighted by molar-refractivity contribution is 5.42. The lowest BCUT2D eigenvalue weighted by atomic mass is 9.79. The number of hydrogen-bond acceptors (Lipinski definition) is 1. The number of alkyl halides is 1. The van der Waals surface area contributed by atoms with Gasteiger partial charge in [-0.3, -0.25) is 0 Å². The van der Waals surface area contributed by atoms with Crippen LogP contribution in [0.2, 0.25) is 0 Å². The highest BCUT2D eigenvalue weighted by Crippen LogP contribution is 2.38. The molecule has 2 atom stereocenters. The molecule has 0 amide bonds. The van der Waals surface area contributed by atoms with Gasteiger partial charge in [-0.2, -0.15) is 0 Å². The fourth-order valence-corrected chi connectivity index (χ4v) is 5.01. The second-order valence-corrected chi connectivity index (χ2v) is 9.89. The smallest absolute Gasteiger partial charge is 0.191 e. The van der Waals surface area contributed by atoms with Gasteiger partial charge in [-0.1, -0.05) is 83.1 Å². The number of rotatable bonds is 14. The maximum absolute atomic E-state index is 15.1. The van der Waals surface area contributed by atoms with E-state index in [0.29, 0.717) is 30.4 Å². The normalized spacial score (nSPS) is 16.3. The zero-order valence-electron chi connectivity index (χ0n) is 21.0. The molecule has 2 aromatic carbocycles. The Labute approximate surface area is 204 Å². The largest absolute Gasteiger partial charge is 0.485 e. The van der Waals surface area contributed by atoms with Gasteiger partial charge >= 0.3 is 0 Å². The maximum atomic E-state index is 15.1. The maximum Gasteiger partial charge on any atom is 0.191 e. The standard InChI is InChI=1S/C30H41F3O/c1-3-5-7-9-11-22-13-15-23(16-14-22)24-17-18-27-25(19-24)20-28(32)30(29(27)33)34-21-26(31)12-10-8-6-4-2/h13-16,20,24,26H,3-12,17-19,21H2,1-2H3. The minimum absolute atomic E-state index is 0.255. The van der Waals surface area contributed by atoms with Crippen LogP contribution in [0.1, 0.15) is 106 Å². The average molecular weight is 475 g/mol. The van der Waals surface area contributed by atoms with Crippen LogP contribution >= 0.6 is 0 Å². The van der Waals surface area contributed by atoms with E-state index in [9.17, 15) is 8.78 Å². The molecule has 0 N–H and O–H groups in total. The highest BCUT2D eigenvalue weighted by atomic mass is 19.1. The predicted molar refractivity (Wildman–Crippen MR) is 135 cm³/mol. The summed E-state index contributed by atoms with van der Waals surface area (Å²) in [7, 11) is 0. The molecule has 1 nitrogen and oxygen atoms in total. The van der Waals surface area contributed by atoms with Gasteiger partial charge in [-0.05, 0) is 72.8 Å². The van der Waals surface area contributed by atoms with Gasteiger partial charge in [0.15, 0.2) is 17.4 Å². The van der Waals surface area contributed by atoms with Gasteiger partial charge in [0.25, 0.3) is 0 Å². The SMILES string of the molecule is CCCCCCc1ccc(C2CCc3c(cc(F)c(OCC(F)CCCCCC)c3F)C2)cc1. The molecule has 2 aromatic rings. The van der Waals surface area contributed by atoms with Crippen molar-refractivity contribution in [3.63, 3.8) is 0 Å². The summed E-state index contributed by atoms with van der Waals surface area (Å²) in [6.07, 6.45) is 11.2. The lowest BCUT2D eigenvalue weighted by molar-refractivity contribution is 0.173. The molecule has 1 aliphatic carbocycles. The number of benzene rings is 2. The molecule has 0 aromatic heterocycles. The Morgan fingerprint density at radius 2 is 1.65 bits per heavy atom. The van der Waals surface area contributed by atoms with Crippen molar-refractivity contribution in [3.05, 3.63) is 64.2 Å². The number of unbranched alkanes of at least 4 members (excludes halogenated alkanes) is 6. The lowest BCUT2D eigenvalue weighted by Gasteiger charge is -2.26. The van der Waals surface area contributed by atoms with Gasteiger partial charge in [0.05, 0.1) is 0 Å². The summed E-state index contributed by atoms with van der Waals surface area (Å²) >= 11 is 0. The van der Waals surface area contributed by atoms with Crippen molar-refractivity contribution >= 4 is 0 Å². The van der Waals surface area contributed by atoms with Crippen LogP contribution < -0.4 is 4.74 Å². The first kappa shape index (κ1) is 26.6. The first-order valence-corrected chi connectivity index (χ1v) is 13.4. The fourth-order valence-electron chi connectivity index (χ4n) is 5.01. The number of aryl methyl sites for hydroxylation is 1. The summed E-state index contributed by atoms with van der Waals surface area (Å²) in [4.78, 5) is 0. The van der Waals surface area contributed by atoms with E-state index in [0.717, 1.165) is 38.5 Å². The Kier molecular flexibility index (Phi) is 10.8. The van der Waals surface area contributed by atoms with Gasteiger partial charge in [-0.15, -0.1) is 0 Å². The van der Waals surface area contributed by atoms with E-state index in [1.54, 1.807) is 0 Å². The highest BCUT2D eigenvalue weighted by Gasteiger charge is 2.27. The summed E-state index contributed by atoms with van der Waals surface area (Å²) in [6.45, 7) is 4.02. The van der Waals surface area contributed by atoms with E-state index in [4.69, 9.17) is 4.74 Å². The Morgan fingerprint density at radius 1 is 0.941 bits per heavy atom. The van der Waals surface area contributed by atoms with Crippen LogP contribution in [0.25, 0.3) is 0 Å². The molecule has 0 aliphatic heterocycles. The zero-order valence-corrected chi connectivity index (χ0v) is 21.0. The molecule has 0 saturated carbocycles. The van der Waals surface area contributed by atoms with Crippen LogP contribution in [-0.2, 0) is 19.3 Å². The number of fused-ring (bicyclic) bond motifs is 1. The Hall–Kier alpha value is -1.97. The van der Waals surface area contributed by atoms with Crippen LogP contribution in [0.15, 0.2) is 30.3 Å². The van der Waals surface area contributed by atoms with E-state index in [2.05, 4.69) is 38.1 Å². The molecule has 0 radical (unpaired) electrons. The van der Waals surface area contributed by atoms with E-state index in [1.807, 2.05) is 0 Å². The number of halogens is 3. The summed E-state index contributed by atoms with van der Waals surface area (Å²) in [5, 5.41) is 0. The Bertz CT molecular complexity index is 878. The second kappa shape index (κ2) is 13.8. The van der Waals surface area contributed by atoms with Crippen LogP contribution in [-0.4, -0.2) is 12.8 Å². The van der Waals surface area contributed by atoms with E-state index in [1.165, 1.54) is 42.9 Å². The summed E-state index contributed by atoms with van der Waals surface area (Å²) in [6, 6.07) is 10.2. The third-order valence-electron chi connectivity index (χ3n) is 7.13. The van der Waals surface area contributed by atoms with Crippen LogP contribution in [0, 0.1) is 11.6 Å². The van der Waals surface area contributed by atoms with Crippen molar-refractivity contribution in [1.29, 1.82) is 0 Å². The first-order valence-electron chi connectivity index (χ1n) is 13.4. The third kappa shape index (κ3) is 7.52. The molecule has 34 heavy (non-hydrogen) atoms. The van der Waals surface area contributed by atoms with Gasteiger partial charge in [-0.25, -0.2) is 13.2 Å². The predicted octanol–water partition coefficient (Wildman–Crippen LogP) is 9.05. The zero-order chi connectivity index (χ0) is 24.3. The second-order valence-electron chi connectivity index (χ2n) is 9.89. The van der Waals surface area contributed by atoms with E-state index >= 15 is 4.39 Å². The molecule has 2 unspecified atom stereocenters. The molecule has 4 heteroatoms. The van der Waals surface area contributed by atoms with Crippen molar-refractivity contribution in [1.82, 2.24) is 0 Å². The van der Waals surface area contributed by atoms with Gasteiger partial charge < -0.3 is 4.74 Å². The quantitative estimate of drug-likeness (QED) is 0.248. The van der Waals surface area contributed by atoms with Crippen LogP contribution in [0.4, 0.5) is 13.2 Å². The molecule has 1 aliphatic rings. The molecule has 0 heterocycles. The molecule has 0 bridgehead atoms. The van der Waals surface area contributed by atoms with Crippen LogP contribution in [0.5, 0.6) is 5.75 Å². The summed E-state index contributed by atoms with van der Waals surface area (Å²) in [5.41, 5.74) is 3.82. The third-order valence-corrected chi connectivity index (χ3v) is 7.13. The molecular formula is C30H41F3O. The van der Waals surface area contributed by atoms with Crippen molar-refractivity contribution < 1.29 is 17.9 Å². The summed E-state index contributed by atoms with van der Waals surface area (Å²) < 4.78 is 49.2. The monoisotopic (exact) mass is 474 g/mol. The van der Waals surface area contributed by atoms with Gasteiger partial charge in [0.1, 0.15) is 12.8 Å². The van der Waals surface area contributed by atoms with Crippen molar-refractivity contribution in [2.45, 2.75) is 109 Å². The first-order chi connectivity index (χ1) is 16.5. The molecular weight excluding hydrogens is 433 g/mol. The average Bonchev–Trinajstić information content (AvgIpc) is 2.84. The lowest BCUT2D eigenvalue weighted by Crippen LogP contribution is -2.18. The van der Waals surface area contributed by atoms with Crippen LogP contribution in [0.3, 0.4) is 0 Å². The Balaban J connectivity index is 1.58. The van der Waals surface area contributed by atoms with E-state index < -0.39 is 23.6 Å². The number of ether oxygens (including phenoxy) is 1. The minimum atomic E-state index is -1.20. The van der Waals surface area contributed by atoms with Crippen molar-refractivity contribution in [2.75, 3.05) is 6.61 Å². The molecule has 188 valence electrons. The Morgan fingerprint density at radius 3 is 2.35 bits per heavy atom. The minimum Gasteiger partial charge on any atom is -0.485 e. The van der Waals surface area contributed by atoms with Crippen molar-refractivity contribution in [2.24, 2.45) is 0 Å². The van der Waals surface area contributed by atoms with Gasteiger partial charge in [0, 0.05) is 0 Å². The van der Waals surface area contributed by atoms with Crippen molar-refractivity contribution in [3.8, 4) is 5.75 Å². The molecule has 0 fully saturated rings. The molecule has 0 saturated heterocycles. The summed E-state index contributed by atoms with van der Waals surface area (Å²) in [5.74, 6) is -1.53. The molecule has 3 rings (SSSR count). The number of hydrogen-bond donors (Lipinski definition) is 0. The van der Waals surface area contributed by atoms with Gasteiger partial charge in [0.2, 0.25) is 0 Å². The van der Waals surface area contributed by atoms with E-state index in [-0.39, 0.29) is 12.5 Å². The molecule has 0 spiro atoms. The topological polar surface area (TPSA) is 9.23 Å².